The minimum Gasteiger partial charge on any atom is -0.493 e. The second-order valence-electron chi connectivity index (χ2n) is 6.67. The summed E-state index contributed by atoms with van der Waals surface area (Å²) in [6, 6.07) is 11.1. The number of carbonyl (C=O) groups is 1. The van der Waals surface area contributed by atoms with E-state index in [1.165, 1.54) is 5.57 Å². The largest absolute Gasteiger partial charge is 0.493 e. The number of hydrogen-bond donors (Lipinski definition) is 1. The molecule has 2 aromatic carbocycles. The number of amides is 1. The van der Waals surface area contributed by atoms with E-state index in [1.54, 1.807) is 32.4 Å². The monoisotopic (exact) mass is 396 g/mol. The minimum atomic E-state index is -0.0155. The Balaban J connectivity index is 1.55. The zero-order chi connectivity index (χ0) is 19.7. The highest BCUT2D eigenvalue weighted by Gasteiger charge is 2.22. The zero-order valence-electron chi connectivity index (χ0n) is 15.8. The van der Waals surface area contributed by atoms with E-state index in [4.69, 9.17) is 21.1 Å². The maximum Gasteiger partial charge on any atom is 0.254 e. The van der Waals surface area contributed by atoms with E-state index in [-0.39, 0.29) is 5.91 Å². The normalized spacial score (nSPS) is 14.1. The maximum atomic E-state index is 12.9. The van der Waals surface area contributed by atoms with Gasteiger partial charge in [0.05, 0.1) is 24.8 Å². The van der Waals surface area contributed by atoms with E-state index >= 15 is 0 Å². The molecule has 28 heavy (non-hydrogen) atoms. The lowest BCUT2D eigenvalue weighted by atomic mass is 9.98. The summed E-state index contributed by atoms with van der Waals surface area (Å²) in [5, 5.41) is 1.82. The Morgan fingerprint density at radius 1 is 1.14 bits per heavy atom. The molecule has 0 saturated heterocycles. The topological polar surface area (TPSA) is 54.6 Å². The second-order valence-corrected chi connectivity index (χ2v) is 7.07. The third-order valence-corrected chi connectivity index (χ3v) is 5.45. The molecule has 0 saturated carbocycles. The minimum absolute atomic E-state index is 0.0155. The lowest BCUT2D eigenvalue weighted by molar-refractivity contribution is 0.0772. The quantitative estimate of drug-likeness (QED) is 0.691. The number of ether oxygens (including phenoxy) is 2. The summed E-state index contributed by atoms with van der Waals surface area (Å²) in [7, 11) is 3.14. The second kappa shape index (κ2) is 7.60. The van der Waals surface area contributed by atoms with Crippen LogP contribution in [0.15, 0.2) is 48.7 Å². The molecule has 0 fully saturated rings. The third kappa shape index (κ3) is 3.22. The van der Waals surface area contributed by atoms with Gasteiger partial charge in [-0.25, -0.2) is 0 Å². The van der Waals surface area contributed by atoms with Gasteiger partial charge in [0.1, 0.15) is 0 Å². The number of para-hydroxylation sites is 1. The van der Waals surface area contributed by atoms with Crippen LogP contribution < -0.4 is 9.47 Å². The fraction of sp³-hybridized carbons (Fsp3) is 0.227. The highest BCUT2D eigenvalue weighted by molar-refractivity contribution is 6.35. The zero-order valence-corrected chi connectivity index (χ0v) is 16.5. The molecule has 5 nitrogen and oxygen atoms in total. The number of benzene rings is 2. The van der Waals surface area contributed by atoms with Crippen molar-refractivity contribution < 1.29 is 14.3 Å². The van der Waals surface area contributed by atoms with Crippen LogP contribution in [0.2, 0.25) is 5.02 Å². The molecule has 0 unspecified atom stereocenters. The van der Waals surface area contributed by atoms with Crippen molar-refractivity contribution in [2.24, 2.45) is 0 Å². The van der Waals surface area contributed by atoms with Gasteiger partial charge in [-0.15, -0.1) is 0 Å². The van der Waals surface area contributed by atoms with Gasteiger partial charge in [-0.3, -0.25) is 4.79 Å². The standard InChI is InChI=1S/C22H21ClN2O3/c1-27-19-7-6-15(12-20(19)28-2)22(26)25-10-8-14(9-11-25)17-13-24-21-16(17)4-3-5-18(21)23/h3-8,12-13,24H,9-11H2,1-2H3. The van der Waals surface area contributed by atoms with Crippen molar-refractivity contribution in [1.82, 2.24) is 9.88 Å². The number of H-pyrrole nitrogens is 1. The first-order valence-corrected chi connectivity index (χ1v) is 9.46. The molecule has 1 aliphatic rings. The number of rotatable bonds is 4. The molecular weight excluding hydrogens is 376 g/mol. The highest BCUT2D eigenvalue weighted by atomic mass is 35.5. The first-order chi connectivity index (χ1) is 13.6. The van der Waals surface area contributed by atoms with Crippen molar-refractivity contribution in [3.63, 3.8) is 0 Å². The van der Waals surface area contributed by atoms with Crippen molar-refractivity contribution in [3.8, 4) is 11.5 Å². The molecule has 1 amide bonds. The number of halogens is 1. The van der Waals surface area contributed by atoms with E-state index in [0.29, 0.717) is 35.2 Å². The number of hydrogen-bond acceptors (Lipinski definition) is 3. The number of methoxy groups -OCH3 is 2. The molecule has 1 N–H and O–H groups in total. The van der Waals surface area contributed by atoms with E-state index in [1.807, 2.05) is 23.2 Å². The Kier molecular flexibility index (Phi) is 5.01. The van der Waals surface area contributed by atoms with Crippen molar-refractivity contribution >= 4 is 34.0 Å². The van der Waals surface area contributed by atoms with Crippen LogP contribution in [-0.2, 0) is 0 Å². The Bertz CT molecular complexity index is 1070. The third-order valence-electron chi connectivity index (χ3n) is 5.14. The summed E-state index contributed by atoms with van der Waals surface area (Å²) < 4.78 is 10.6. The number of nitrogens with one attached hydrogen (secondary N) is 1. The molecule has 0 spiro atoms. The number of nitrogens with zero attached hydrogens (tertiary/aromatic N) is 1. The first-order valence-electron chi connectivity index (χ1n) is 9.08. The fourth-order valence-electron chi connectivity index (χ4n) is 3.63. The van der Waals surface area contributed by atoms with Gasteiger partial charge in [0.25, 0.3) is 5.91 Å². The summed E-state index contributed by atoms with van der Waals surface area (Å²) in [5.41, 5.74) is 3.91. The molecule has 0 atom stereocenters. The predicted molar refractivity (Wildman–Crippen MR) is 111 cm³/mol. The SMILES string of the molecule is COc1ccc(C(=O)N2CC=C(c3c[nH]c4c(Cl)cccc34)CC2)cc1OC. The van der Waals surface area contributed by atoms with Crippen molar-refractivity contribution in [3.05, 3.63) is 64.8 Å². The predicted octanol–water partition coefficient (Wildman–Crippen LogP) is 4.77. The summed E-state index contributed by atoms with van der Waals surface area (Å²) in [6.45, 7) is 1.22. The van der Waals surface area contributed by atoms with Crippen molar-refractivity contribution in [2.75, 3.05) is 27.3 Å². The van der Waals surface area contributed by atoms with Gasteiger partial charge in [0.2, 0.25) is 0 Å². The lowest BCUT2D eigenvalue weighted by Gasteiger charge is -2.27. The summed E-state index contributed by atoms with van der Waals surface area (Å²) >= 11 is 6.27. The van der Waals surface area contributed by atoms with Crippen LogP contribution in [0.1, 0.15) is 22.3 Å². The molecule has 4 rings (SSSR count). The van der Waals surface area contributed by atoms with Gasteiger partial charge in [-0.1, -0.05) is 29.8 Å². The van der Waals surface area contributed by atoms with Gasteiger partial charge in [-0.05, 0) is 36.3 Å². The molecular formula is C22H21ClN2O3. The lowest BCUT2D eigenvalue weighted by Crippen LogP contribution is -2.34. The molecule has 3 aromatic rings. The number of aromatic amines is 1. The Labute approximate surface area is 168 Å². The van der Waals surface area contributed by atoms with Crippen LogP contribution in [0, 0.1) is 0 Å². The Hall–Kier alpha value is -2.92. The molecule has 1 aliphatic heterocycles. The van der Waals surface area contributed by atoms with Gasteiger partial charge in [0.15, 0.2) is 11.5 Å². The number of aromatic nitrogens is 1. The maximum absolute atomic E-state index is 12.9. The fourth-order valence-corrected chi connectivity index (χ4v) is 3.86. The van der Waals surface area contributed by atoms with Crippen LogP contribution in [0.25, 0.3) is 16.5 Å². The highest BCUT2D eigenvalue weighted by Crippen LogP contribution is 2.33. The number of fused-ring (bicyclic) bond motifs is 1. The van der Waals surface area contributed by atoms with Gasteiger partial charge >= 0.3 is 0 Å². The summed E-state index contributed by atoms with van der Waals surface area (Å²) in [4.78, 5) is 18.0. The summed E-state index contributed by atoms with van der Waals surface area (Å²) in [6.07, 6.45) is 4.90. The van der Waals surface area contributed by atoms with Gasteiger partial charge in [-0.2, -0.15) is 0 Å². The molecule has 0 radical (unpaired) electrons. The molecule has 0 bridgehead atoms. The van der Waals surface area contributed by atoms with E-state index < -0.39 is 0 Å². The molecule has 6 heteroatoms. The Morgan fingerprint density at radius 2 is 1.96 bits per heavy atom. The molecule has 1 aromatic heterocycles. The van der Waals surface area contributed by atoms with Crippen LogP contribution in [0.3, 0.4) is 0 Å². The van der Waals surface area contributed by atoms with Crippen LogP contribution in [-0.4, -0.2) is 43.1 Å². The average molecular weight is 397 g/mol. The molecule has 144 valence electrons. The van der Waals surface area contributed by atoms with E-state index in [9.17, 15) is 4.79 Å². The summed E-state index contributed by atoms with van der Waals surface area (Å²) in [5.74, 6) is 1.15. The average Bonchev–Trinajstić information content (AvgIpc) is 3.18. The smallest absolute Gasteiger partial charge is 0.254 e. The van der Waals surface area contributed by atoms with E-state index in [2.05, 4.69) is 17.1 Å². The molecule has 2 heterocycles. The van der Waals surface area contributed by atoms with E-state index in [0.717, 1.165) is 22.9 Å². The Morgan fingerprint density at radius 3 is 2.68 bits per heavy atom. The van der Waals surface area contributed by atoms with Crippen LogP contribution in [0.5, 0.6) is 11.5 Å². The van der Waals surface area contributed by atoms with Gasteiger partial charge < -0.3 is 19.4 Å². The van der Waals surface area contributed by atoms with Crippen LogP contribution >= 0.6 is 11.6 Å². The number of carbonyl (C=O) groups excluding carboxylic acids is 1. The first kappa shape index (κ1) is 18.4. The van der Waals surface area contributed by atoms with Crippen LogP contribution in [0.4, 0.5) is 0 Å². The molecule has 0 aliphatic carbocycles. The van der Waals surface area contributed by atoms with Crippen molar-refractivity contribution in [2.45, 2.75) is 6.42 Å². The van der Waals surface area contributed by atoms with Gasteiger partial charge in [0, 0.05) is 35.8 Å². The van der Waals surface area contributed by atoms with Crippen molar-refractivity contribution in [1.29, 1.82) is 0 Å².